The summed E-state index contributed by atoms with van der Waals surface area (Å²) in [4.78, 5) is 45.9. The van der Waals surface area contributed by atoms with Crippen molar-refractivity contribution < 1.29 is 4.79 Å². The molecule has 3 aliphatic rings. The number of hydrogen-bond acceptors (Lipinski definition) is 7. The summed E-state index contributed by atoms with van der Waals surface area (Å²) in [5.74, 6) is 2.02. The fourth-order valence-corrected chi connectivity index (χ4v) is 26.6. The average molecular weight is 1820 g/mol. The predicted octanol–water partition coefficient (Wildman–Crippen LogP) is 32.3. The van der Waals surface area contributed by atoms with E-state index in [9.17, 15) is 4.79 Å². The molecule has 33 aromatic rings. The van der Waals surface area contributed by atoms with Gasteiger partial charge in [-0.2, -0.15) is 0 Å². The quantitative estimate of drug-likeness (QED) is 0.173. The lowest BCUT2D eigenvalue weighted by Gasteiger charge is -2.34. The summed E-state index contributed by atoms with van der Waals surface area (Å²) in [5, 5.41) is 32.7. The van der Waals surface area contributed by atoms with Crippen molar-refractivity contribution >= 4 is 251 Å². The van der Waals surface area contributed by atoms with Crippen molar-refractivity contribution in [3.63, 3.8) is 0 Å². The summed E-state index contributed by atoms with van der Waals surface area (Å²) in [6, 6.07) is 144. The van der Waals surface area contributed by atoms with Gasteiger partial charge in [0.15, 0.2) is 5.78 Å². The van der Waals surface area contributed by atoms with Gasteiger partial charge in [0.05, 0.1) is 116 Å². The summed E-state index contributed by atoms with van der Waals surface area (Å²) in [7, 11) is 0. The standard InChI is InChI=1S/C45H28N4.C43H22N4O.C42H22N4/c1-45(2)33-17-8-5-16-29(33)40-39-34(45)18-11-19-35(39)46-44(47-40)49-37-21-10-7-15-28(37)32-24-31-27-14-6-9-20-36(27)48-41-26-13-4-3-12-25(26)22-23-30(41)38(42(31)48)43(32)49;48-42-28-15-4-3-14-27(28)38-36-30(42)16-9-17-33(36)44-43(45-38)47-35-19-8-6-13-26(35)32-22-31-25-12-5-7-18-34(25)46-39-24-11-2-1-10-23(24)20-21-29(39)37(40(31)46)41(32)47;1-2-11-24-23(10-1)20-21-30-37-40-31(26-13-5-7-18-34(26)45(40)39(24)30)22-32-27-14-6-8-19-35(27)46(41(32)37)42-43-33-17-9-16-28-25-12-3-4-15-29(25)38(44-42)36(28)33/h3-24H,1-2H3;1-22H;1-22H. The van der Waals surface area contributed by atoms with E-state index in [0.29, 0.717) is 29.0 Å². The summed E-state index contributed by atoms with van der Waals surface area (Å²) >= 11 is 0. The Bertz CT molecular complexity index is 11700. The van der Waals surface area contributed by atoms with Crippen LogP contribution in [0.4, 0.5) is 0 Å². The van der Waals surface area contributed by atoms with Crippen LogP contribution in [-0.2, 0) is 5.41 Å². The molecule has 143 heavy (non-hydrogen) atoms. The molecule has 0 saturated heterocycles. The third-order valence-electron chi connectivity index (χ3n) is 32.4. The van der Waals surface area contributed by atoms with Gasteiger partial charge >= 0.3 is 0 Å². The number of carbonyl (C=O) groups excluding carboxylic acids is 1. The molecule has 0 spiro atoms. The van der Waals surface area contributed by atoms with E-state index >= 15 is 0 Å². The van der Waals surface area contributed by atoms with E-state index in [4.69, 9.17) is 29.9 Å². The van der Waals surface area contributed by atoms with Crippen LogP contribution < -0.4 is 0 Å². The lowest BCUT2D eigenvalue weighted by atomic mass is 9.70. The molecule has 0 N–H and O–H groups in total. The average Bonchev–Trinajstić information content (AvgIpc) is 0.964. The third-order valence-corrected chi connectivity index (χ3v) is 32.4. The van der Waals surface area contributed by atoms with Gasteiger partial charge in [-0.05, 0) is 111 Å². The number of carbonyl (C=O) groups is 1. The van der Waals surface area contributed by atoms with Crippen LogP contribution in [0.1, 0.15) is 40.9 Å². The summed E-state index contributed by atoms with van der Waals surface area (Å²) < 4.78 is 14.4. The number of hydrogen-bond donors (Lipinski definition) is 0. The van der Waals surface area contributed by atoms with Crippen LogP contribution in [0.5, 0.6) is 0 Å². The molecule has 13 nitrogen and oxygen atoms in total. The highest BCUT2D eigenvalue weighted by Crippen LogP contribution is 2.56. The Morgan fingerprint density at radius 1 is 0.189 bits per heavy atom. The van der Waals surface area contributed by atoms with Crippen molar-refractivity contribution in [1.29, 1.82) is 0 Å². The maximum atomic E-state index is 13.6. The summed E-state index contributed by atoms with van der Waals surface area (Å²) in [5.41, 5.74) is 32.7. The first-order valence-corrected chi connectivity index (χ1v) is 49.0. The molecular formula is C130H72N12O. The Labute approximate surface area is 811 Å². The Morgan fingerprint density at radius 2 is 0.476 bits per heavy atom. The molecule has 3 aliphatic carbocycles. The minimum atomic E-state index is -0.155. The van der Waals surface area contributed by atoms with E-state index in [1.54, 1.807) is 0 Å². The summed E-state index contributed by atoms with van der Waals surface area (Å²) in [6.45, 7) is 4.63. The number of aromatic nitrogens is 12. The van der Waals surface area contributed by atoms with E-state index in [-0.39, 0.29) is 11.2 Å². The molecule has 36 rings (SSSR count). The van der Waals surface area contributed by atoms with Gasteiger partial charge in [-0.3, -0.25) is 18.5 Å². The first kappa shape index (κ1) is 76.0. The van der Waals surface area contributed by atoms with Crippen molar-refractivity contribution in [3.8, 4) is 62.7 Å². The third kappa shape index (κ3) is 9.54. The smallest absolute Gasteiger partial charge is 0.235 e. The van der Waals surface area contributed by atoms with Crippen LogP contribution in [0.15, 0.2) is 400 Å². The minimum absolute atomic E-state index is 0.0177. The second-order valence-electron chi connectivity index (χ2n) is 39.6. The number of benzene rings is 21. The molecule has 0 radical (unpaired) electrons. The van der Waals surface area contributed by atoms with Crippen molar-refractivity contribution in [1.82, 2.24) is 56.8 Å². The number of fused-ring (bicyclic) bond motifs is 43. The number of para-hydroxylation sites is 6. The van der Waals surface area contributed by atoms with E-state index < -0.39 is 0 Å². The lowest BCUT2D eigenvalue weighted by Crippen LogP contribution is -2.24. The lowest BCUT2D eigenvalue weighted by molar-refractivity contribution is 0.104. The highest BCUT2D eigenvalue weighted by molar-refractivity contribution is 6.41. The first-order valence-electron chi connectivity index (χ1n) is 49.0. The molecule has 0 unspecified atom stereocenters. The molecular weight excluding hydrogens is 1750 g/mol. The second-order valence-corrected chi connectivity index (χ2v) is 39.6. The zero-order chi connectivity index (χ0) is 93.1. The maximum absolute atomic E-state index is 13.6. The molecule has 12 aromatic heterocycles. The van der Waals surface area contributed by atoms with Gasteiger partial charge in [0.1, 0.15) is 0 Å². The molecule has 13 heteroatoms. The predicted molar refractivity (Wildman–Crippen MR) is 589 cm³/mol. The van der Waals surface area contributed by atoms with Crippen LogP contribution in [0.2, 0.25) is 0 Å². The number of nitrogens with zero attached hydrogens (tertiary/aromatic N) is 12. The Kier molecular flexibility index (Phi) is 14.4. The molecule has 0 aliphatic heterocycles. The van der Waals surface area contributed by atoms with E-state index in [1.807, 2.05) is 42.5 Å². The zero-order valence-electron chi connectivity index (χ0n) is 76.9. The van der Waals surface area contributed by atoms with Crippen LogP contribution in [0.3, 0.4) is 0 Å². The van der Waals surface area contributed by atoms with Crippen molar-refractivity contribution in [2.75, 3.05) is 0 Å². The molecule has 0 bridgehead atoms. The van der Waals surface area contributed by atoms with E-state index in [0.717, 1.165) is 93.8 Å². The van der Waals surface area contributed by atoms with E-state index in [2.05, 4.69) is 399 Å². The number of rotatable bonds is 3. The van der Waals surface area contributed by atoms with Gasteiger partial charge in [0.2, 0.25) is 17.8 Å². The van der Waals surface area contributed by atoms with Crippen LogP contribution >= 0.6 is 0 Å². The molecule has 658 valence electrons. The Balaban J connectivity index is 0.0000000929. The highest BCUT2D eigenvalue weighted by Gasteiger charge is 2.38. The second kappa shape index (κ2) is 27.0. The maximum Gasteiger partial charge on any atom is 0.235 e. The molecule has 0 amide bonds. The number of ketones is 1. The Morgan fingerprint density at radius 3 is 0.895 bits per heavy atom. The van der Waals surface area contributed by atoms with Crippen LogP contribution in [0.25, 0.3) is 307 Å². The van der Waals surface area contributed by atoms with Gasteiger partial charge in [-0.1, -0.05) is 341 Å². The van der Waals surface area contributed by atoms with Crippen LogP contribution in [0, 0.1) is 0 Å². The monoisotopic (exact) mass is 1820 g/mol. The van der Waals surface area contributed by atoms with Gasteiger partial charge in [-0.25, -0.2) is 29.9 Å². The highest BCUT2D eigenvalue weighted by atomic mass is 16.1. The van der Waals surface area contributed by atoms with Gasteiger partial charge < -0.3 is 13.2 Å². The zero-order valence-corrected chi connectivity index (χ0v) is 76.9. The Hall–Kier alpha value is -19.1. The van der Waals surface area contributed by atoms with E-state index in [1.165, 1.54) is 207 Å². The molecule has 12 heterocycles. The van der Waals surface area contributed by atoms with Crippen LogP contribution in [-0.4, -0.2) is 62.6 Å². The molecule has 0 saturated carbocycles. The van der Waals surface area contributed by atoms with Gasteiger partial charge in [0, 0.05) is 163 Å². The van der Waals surface area contributed by atoms with Crippen molar-refractivity contribution in [2.45, 2.75) is 19.3 Å². The van der Waals surface area contributed by atoms with Crippen molar-refractivity contribution in [2.24, 2.45) is 0 Å². The van der Waals surface area contributed by atoms with Gasteiger partial charge in [0.25, 0.3) is 0 Å². The SMILES string of the molecule is CC1(C)c2ccccc2-c2nc(-n3c4ccccc4c4cc5c6ccccc6n6c7c8ccccc8ccc7c(c43)c56)nc3cccc1c23.O=C1c2ccccc2-c2nc(-n3c4ccccc4c4cc5c6ccccc6n6c7c8ccccc8ccc7c(c43)c56)nc3cccc1c23.c1ccc2c(c1)-c1cccc3nc(-n4c5ccccc5c5cc6c7ccccc7n7c8c9ccccc9ccc8c(c54)c67)nc-2c13. The fraction of sp³-hybridized carbons (Fsp3) is 0.0231. The fourth-order valence-electron chi connectivity index (χ4n) is 26.6. The molecule has 21 aromatic carbocycles. The topological polar surface area (TPSA) is 122 Å². The van der Waals surface area contributed by atoms with Crippen molar-refractivity contribution in [3.05, 3.63) is 423 Å². The first-order chi connectivity index (χ1) is 70.7. The summed E-state index contributed by atoms with van der Waals surface area (Å²) in [6.07, 6.45) is 0. The molecule has 0 atom stereocenters. The molecule has 0 fully saturated rings. The minimum Gasteiger partial charge on any atom is -0.307 e. The normalized spacial score (nSPS) is 13.3. The largest absolute Gasteiger partial charge is 0.307 e. The van der Waals surface area contributed by atoms with Gasteiger partial charge in [-0.15, -0.1) is 0 Å².